The van der Waals surface area contributed by atoms with Crippen LogP contribution in [-0.4, -0.2) is 47.0 Å². The molecule has 0 radical (unpaired) electrons. The number of rotatable bonds is 2. The van der Waals surface area contributed by atoms with Crippen molar-refractivity contribution in [2.24, 2.45) is 0 Å². The zero-order valence-electron chi connectivity index (χ0n) is 11.4. The highest BCUT2D eigenvalue weighted by Gasteiger charge is 2.26. The van der Waals surface area contributed by atoms with E-state index >= 15 is 0 Å². The summed E-state index contributed by atoms with van der Waals surface area (Å²) >= 11 is 0. The first kappa shape index (κ1) is 13.1. The first-order valence-electron chi connectivity index (χ1n) is 6.69. The van der Waals surface area contributed by atoms with Crippen LogP contribution in [0.1, 0.15) is 6.92 Å². The minimum absolute atomic E-state index is 0.00595. The van der Waals surface area contributed by atoms with E-state index in [2.05, 4.69) is 14.9 Å². The van der Waals surface area contributed by atoms with E-state index in [1.54, 1.807) is 6.33 Å². The number of hydrogen-bond acceptors (Lipinski definition) is 6. The van der Waals surface area contributed by atoms with Gasteiger partial charge in [0.2, 0.25) is 0 Å². The van der Waals surface area contributed by atoms with E-state index in [0.29, 0.717) is 12.2 Å². The summed E-state index contributed by atoms with van der Waals surface area (Å²) in [4.78, 5) is 10.8. The summed E-state index contributed by atoms with van der Waals surface area (Å²) in [5.74, 6) is 0.843. The number of aromatic nitrogens is 2. The van der Waals surface area contributed by atoms with Crippen molar-refractivity contribution in [2.45, 2.75) is 19.1 Å². The van der Waals surface area contributed by atoms with Crippen LogP contribution in [0.3, 0.4) is 0 Å². The van der Waals surface area contributed by atoms with Crippen molar-refractivity contribution in [1.82, 2.24) is 9.97 Å². The number of ether oxygens (including phenoxy) is 1. The normalized spacial score (nSPS) is 23.2. The monoisotopic (exact) mass is 274 g/mol. The second-order valence-electron chi connectivity index (χ2n) is 5.13. The van der Waals surface area contributed by atoms with Gasteiger partial charge in [-0.15, -0.1) is 0 Å². The molecule has 6 nitrogen and oxygen atoms in total. The molecule has 1 aliphatic heterocycles. The lowest BCUT2D eigenvalue weighted by Crippen LogP contribution is -2.48. The lowest BCUT2D eigenvalue weighted by Gasteiger charge is -2.37. The van der Waals surface area contributed by atoms with Gasteiger partial charge in [0.15, 0.2) is 0 Å². The summed E-state index contributed by atoms with van der Waals surface area (Å²) in [7, 11) is 0. The lowest BCUT2D eigenvalue weighted by molar-refractivity contribution is -0.0422. The maximum atomic E-state index is 9.33. The average molecular weight is 274 g/mol. The molecule has 6 heteroatoms. The molecule has 0 saturated carbocycles. The Balaban J connectivity index is 2.02. The number of nitrogens with zero attached hydrogens (tertiary/aromatic N) is 3. The standard InChI is InChI=1S/C14H18N4O2/c1-9-5-18(6-11(7-19)20-9)14-12-4-10(15)2-3-13(12)16-8-17-14/h2-4,8-9,11,19H,5-7,15H2,1H3. The average Bonchev–Trinajstić information content (AvgIpc) is 2.45. The number of nitrogen functional groups attached to an aromatic ring is 1. The Kier molecular flexibility index (Phi) is 3.42. The van der Waals surface area contributed by atoms with Crippen LogP contribution in [0, 0.1) is 0 Å². The van der Waals surface area contributed by atoms with Crippen molar-refractivity contribution in [1.29, 1.82) is 0 Å². The molecule has 1 fully saturated rings. The zero-order valence-corrected chi connectivity index (χ0v) is 11.4. The fraction of sp³-hybridized carbons (Fsp3) is 0.429. The number of fused-ring (bicyclic) bond motifs is 1. The van der Waals surface area contributed by atoms with Crippen LogP contribution in [0.5, 0.6) is 0 Å². The molecule has 20 heavy (non-hydrogen) atoms. The first-order chi connectivity index (χ1) is 9.67. The van der Waals surface area contributed by atoms with Gasteiger partial charge in [-0.3, -0.25) is 0 Å². The third kappa shape index (κ3) is 2.39. The van der Waals surface area contributed by atoms with Crippen molar-refractivity contribution in [3.8, 4) is 0 Å². The summed E-state index contributed by atoms with van der Waals surface area (Å²) in [6.45, 7) is 3.34. The van der Waals surface area contributed by atoms with Gasteiger partial charge in [0.1, 0.15) is 12.1 Å². The lowest BCUT2D eigenvalue weighted by atomic mass is 10.1. The van der Waals surface area contributed by atoms with Gasteiger partial charge in [0, 0.05) is 24.2 Å². The molecule has 0 aliphatic carbocycles. The molecule has 1 aromatic heterocycles. The third-order valence-electron chi connectivity index (χ3n) is 3.47. The van der Waals surface area contributed by atoms with E-state index < -0.39 is 0 Å². The number of aliphatic hydroxyl groups excluding tert-OH is 1. The number of anilines is 2. The molecule has 3 rings (SSSR count). The van der Waals surface area contributed by atoms with E-state index in [1.807, 2.05) is 25.1 Å². The molecule has 0 amide bonds. The minimum atomic E-state index is -0.190. The van der Waals surface area contributed by atoms with Crippen LogP contribution in [0.15, 0.2) is 24.5 Å². The quantitative estimate of drug-likeness (QED) is 0.788. The Hall–Kier alpha value is -1.92. The van der Waals surface area contributed by atoms with Gasteiger partial charge < -0.3 is 20.5 Å². The SMILES string of the molecule is CC1CN(c2ncnc3ccc(N)cc23)CC(CO)O1. The zero-order chi connectivity index (χ0) is 14.1. The molecule has 106 valence electrons. The topological polar surface area (TPSA) is 84.5 Å². The van der Waals surface area contributed by atoms with E-state index in [4.69, 9.17) is 10.5 Å². The Morgan fingerprint density at radius 1 is 1.40 bits per heavy atom. The number of morpholine rings is 1. The molecular weight excluding hydrogens is 256 g/mol. The molecule has 2 heterocycles. The maximum Gasteiger partial charge on any atom is 0.140 e. The molecule has 2 aromatic rings. The molecule has 2 atom stereocenters. The Bertz CT molecular complexity index is 619. The van der Waals surface area contributed by atoms with Crippen LogP contribution in [-0.2, 0) is 4.74 Å². The van der Waals surface area contributed by atoms with Gasteiger partial charge in [-0.05, 0) is 25.1 Å². The van der Waals surface area contributed by atoms with Gasteiger partial charge in [-0.1, -0.05) is 0 Å². The largest absolute Gasteiger partial charge is 0.399 e. The summed E-state index contributed by atoms with van der Waals surface area (Å²) in [6, 6.07) is 5.61. The van der Waals surface area contributed by atoms with Crippen molar-refractivity contribution >= 4 is 22.4 Å². The van der Waals surface area contributed by atoms with Crippen LogP contribution in [0.2, 0.25) is 0 Å². The van der Waals surface area contributed by atoms with Crippen molar-refractivity contribution in [2.75, 3.05) is 30.3 Å². The summed E-state index contributed by atoms with van der Waals surface area (Å²) in [6.07, 6.45) is 1.42. The highest BCUT2D eigenvalue weighted by atomic mass is 16.5. The van der Waals surface area contributed by atoms with Gasteiger partial charge >= 0.3 is 0 Å². The van der Waals surface area contributed by atoms with Crippen molar-refractivity contribution in [3.05, 3.63) is 24.5 Å². The van der Waals surface area contributed by atoms with E-state index in [9.17, 15) is 5.11 Å². The molecule has 3 N–H and O–H groups in total. The number of hydrogen-bond donors (Lipinski definition) is 2. The fourth-order valence-electron chi connectivity index (χ4n) is 2.63. The maximum absolute atomic E-state index is 9.33. The van der Waals surface area contributed by atoms with Gasteiger partial charge in [0.25, 0.3) is 0 Å². The smallest absolute Gasteiger partial charge is 0.140 e. The van der Waals surface area contributed by atoms with Crippen molar-refractivity contribution in [3.63, 3.8) is 0 Å². The highest BCUT2D eigenvalue weighted by molar-refractivity contribution is 5.91. The number of nitrogens with two attached hydrogens (primary N) is 1. The second kappa shape index (κ2) is 5.22. The summed E-state index contributed by atoms with van der Waals surface area (Å²) in [5.41, 5.74) is 7.42. The van der Waals surface area contributed by atoms with Crippen LogP contribution in [0.4, 0.5) is 11.5 Å². The van der Waals surface area contributed by atoms with E-state index in [-0.39, 0.29) is 18.8 Å². The molecule has 0 spiro atoms. The number of aliphatic hydroxyl groups is 1. The second-order valence-corrected chi connectivity index (χ2v) is 5.13. The Morgan fingerprint density at radius 2 is 2.25 bits per heavy atom. The van der Waals surface area contributed by atoms with E-state index in [0.717, 1.165) is 23.3 Å². The molecule has 1 aromatic carbocycles. The van der Waals surface area contributed by atoms with E-state index in [1.165, 1.54) is 0 Å². The first-order valence-corrected chi connectivity index (χ1v) is 6.69. The Labute approximate surface area is 117 Å². The van der Waals surface area contributed by atoms with Gasteiger partial charge in [-0.25, -0.2) is 9.97 Å². The summed E-state index contributed by atoms with van der Waals surface area (Å²) < 4.78 is 5.66. The third-order valence-corrected chi connectivity index (χ3v) is 3.47. The minimum Gasteiger partial charge on any atom is -0.399 e. The molecule has 1 aliphatic rings. The van der Waals surface area contributed by atoms with Crippen LogP contribution < -0.4 is 10.6 Å². The van der Waals surface area contributed by atoms with Gasteiger partial charge in [0.05, 0.1) is 24.3 Å². The molecule has 0 bridgehead atoms. The van der Waals surface area contributed by atoms with Crippen LogP contribution in [0.25, 0.3) is 10.9 Å². The van der Waals surface area contributed by atoms with Gasteiger partial charge in [-0.2, -0.15) is 0 Å². The molecule has 1 saturated heterocycles. The number of benzene rings is 1. The Morgan fingerprint density at radius 3 is 3.05 bits per heavy atom. The predicted octanol–water partition coefficient (Wildman–Crippen LogP) is 0.798. The summed E-state index contributed by atoms with van der Waals surface area (Å²) in [5, 5.41) is 10.3. The fourth-order valence-corrected chi connectivity index (χ4v) is 2.63. The molecule has 2 unspecified atom stereocenters. The highest BCUT2D eigenvalue weighted by Crippen LogP contribution is 2.27. The van der Waals surface area contributed by atoms with Crippen LogP contribution >= 0.6 is 0 Å². The predicted molar refractivity (Wildman–Crippen MR) is 77.6 cm³/mol. The molecular formula is C14H18N4O2. The van der Waals surface area contributed by atoms with Crippen molar-refractivity contribution < 1.29 is 9.84 Å².